The molecule has 2 rings (SSSR count). The molecule has 0 aliphatic carbocycles. The minimum atomic E-state index is -4.80. The first kappa shape index (κ1) is 13.2. The summed E-state index contributed by atoms with van der Waals surface area (Å²) in [5.41, 5.74) is 0.311. The predicted molar refractivity (Wildman–Crippen MR) is 60.2 cm³/mol. The highest BCUT2D eigenvalue weighted by molar-refractivity contribution is 5.71. The van der Waals surface area contributed by atoms with Crippen LogP contribution in [0.2, 0.25) is 0 Å². The summed E-state index contributed by atoms with van der Waals surface area (Å²) in [6.07, 6.45) is -4.80. The summed E-state index contributed by atoms with van der Waals surface area (Å²) in [7, 11) is 0. The van der Waals surface area contributed by atoms with Crippen LogP contribution in [0.25, 0.3) is 11.1 Å². The zero-order chi connectivity index (χ0) is 14.0. The molecule has 0 spiro atoms. The minimum Gasteiger partial charge on any atom is -0.507 e. The van der Waals surface area contributed by atoms with E-state index in [1.165, 1.54) is 12.1 Å². The zero-order valence-corrected chi connectivity index (χ0v) is 9.41. The maximum absolute atomic E-state index is 13.1. The fourth-order valence-electron chi connectivity index (χ4n) is 1.60. The van der Waals surface area contributed by atoms with E-state index in [1.807, 2.05) is 0 Å². The Labute approximate surface area is 105 Å². The largest absolute Gasteiger partial charge is 0.573 e. The topological polar surface area (TPSA) is 29.5 Å². The zero-order valence-electron chi connectivity index (χ0n) is 9.41. The Morgan fingerprint density at radius 2 is 1.74 bits per heavy atom. The van der Waals surface area contributed by atoms with Gasteiger partial charge in [0.1, 0.15) is 17.3 Å². The van der Waals surface area contributed by atoms with Gasteiger partial charge in [0, 0.05) is 5.56 Å². The van der Waals surface area contributed by atoms with Gasteiger partial charge in [-0.05, 0) is 35.9 Å². The number of alkyl halides is 3. The summed E-state index contributed by atoms with van der Waals surface area (Å²) in [6.45, 7) is 0. The first-order valence-corrected chi connectivity index (χ1v) is 5.20. The maximum atomic E-state index is 13.1. The number of hydrogen-bond donors (Lipinski definition) is 1. The normalized spacial score (nSPS) is 11.4. The number of rotatable bonds is 2. The van der Waals surface area contributed by atoms with Crippen LogP contribution < -0.4 is 4.74 Å². The highest BCUT2D eigenvalue weighted by atomic mass is 19.4. The second kappa shape index (κ2) is 4.79. The molecule has 100 valence electrons. The second-order valence-electron chi connectivity index (χ2n) is 3.74. The Kier molecular flexibility index (Phi) is 3.33. The lowest BCUT2D eigenvalue weighted by molar-refractivity contribution is -0.274. The maximum Gasteiger partial charge on any atom is 0.573 e. The molecule has 2 aromatic rings. The van der Waals surface area contributed by atoms with E-state index in [9.17, 15) is 22.7 Å². The summed E-state index contributed by atoms with van der Waals surface area (Å²) in [5.74, 6) is -1.27. The van der Waals surface area contributed by atoms with Gasteiger partial charge in [0.05, 0.1) is 0 Å². The molecule has 2 nitrogen and oxygen atoms in total. The van der Waals surface area contributed by atoms with Crippen LogP contribution in [0.4, 0.5) is 17.6 Å². The number of hydrogen-bond acceptors (Lipinski definition) is 2. The highest BCUT2D eigenvalue weighted by Crippen LogP contribution is 2.33. The van der Waals surface area contributed by atoms with E-state index in [2.05, 4.69) is 4.74 Å². The Morgan fingerprint density at radius 1 is 1.00 bits per heavy atom. The van der Waals surface area contributed by atoms with Crippen molar-refractivity contribution < 1.29 is 27.4 Å². The third-order valence-corrected chi connectivity index (χ3v) is 2.34. The number of phenols is 1. The molecule has 0 atom stereocenters. The van der Waals surface area contributed by atoms with Crippen LogP contribution in [-0.2, 0) is 0 Å². The van der Waals surface area contributed by atoms with Crippen LogP contribution in [0.5, 0.6) is 11.5 Å². The summed E-state index contributed by atoms with van der Waals surface area (Å²) < 4.78 is 53.1. The molecule has 0 aliphatic rings. The van der Waals surface area contributed by atoms with Gasteiger partial charge >= 0.3 is 6.36 Å². The number of phenolic OH excluding ortho intramolecular Hbond substituents is 1. The highest BCUT2D eigenvalue weighted by Gasteiger charge is 2.31. The van der Waals surface area contributed by atoms with Crippen molar-refractivity contribution in [2.45, 2.75) is 6.36 Å². The van der Waals surface area contributed by atoms with Crippen LogP contribution in [0.15, 0.2) is 42.5 Å². The van der Waals surface area contributed by atoms with Gasteiger partial charge in [-0.1, -0.05) is 12.1 Å². The molecule has 1 N–H and O–H groups in total. The van der Waals surface area contributed by atoms with E-state index in [0.29, 0.717) is 0 Å². The van der Waals surface area contributed by atoms with Crippen LogP contribution in [-0.4, -0.2) is 11.5 Å². The Morgan fingerprint density at radius 3 is 2.42 bits per heavy atom. The van der Waals surface area contributed by atoms with Gasteiger partial charge < -0.3 is 9.84 Å². The van der Waals surface area contributed by atoms with Gasteiger partial charge in [0.15, 0.2) is 0 Å². The van der Waals surface area contributed by atoms with Crippen molar-refractivity contribution in [1.82, 2.24) is 0 Å². The standard InChI is InChI=1S/C13H8F4O2/c14-9-4-5-12(18)11(7-9)8-2-1-3-10(6-8)19-13(15,16)17/h1-7,18H. The second-order valence-corrected chi connectivity index (χ2v) is 3.74. The molecule has 0 saturated carbocycles. The number of benzene rings is 2. The van der Waals surface area contributed by atoms with Crippen molar-refractivity contribution >= 4 is 0 Å². The summed E-state index contributed by atoms with van der Waals surface area (Å²) in [4.78, 5) is 0. The molecular formula is C13H8F4O2. The molecule has 0 saturated heterocycles. The number of aromatic hydroxyl groups is 1. The molecular weight excluding hydrogens is 264 g/mol. The van der Waals surface area contributed by atoms with E-state index >= 15 is 0 Å². The van der Waals surface area contributed by atoms with Crippen LogP contribution in [0.1, 0.15) is 0 Å². The van der Waals surface area contributed by atoms with Crippen molar-refractivity contribution in [2.24, 2.45) is 0 Å². The fraction of sp³-hybridized carbons (Fsp3) is 0.0769. The van der Waals surface area contributed by atoms with Gasteiger partial charge in [0.25, 0.3) is 0 Å². The van der Waals surface area contributed by atoms with Gasteiger partial charge in [-0.2, -0.15) is 0 Å². The first-order chi connectivity index (χ1) is 8.85. The van der Waals surface area contributed by atoms with Gasteiger partial charge in [-0.3, -0.25) is 0 Å². The molecule has 0 fully saturated rings. The lowest BCUT2D eigenvalue weighted by Gasteiger charge is -2.10. The average Bonchev–Trinajstić information content (AvgIpc) is 2.30. The Balaban J connectivity index is 2.40. The smallest absolute Gasteiger partial charge is 0.507 e. The van der Waals surface area contributed by atoms with Crippen molar-refractivity contribution in [1.29, 1.82) is 0 Å². The Hall–Kier alpha value is -2.24. The number of halogens is 4. The van der Waals surface area contributed by atoms with Crippen molar-refractivity contribution in [3.8, 4) is 22.6 Å². The molecule has 0 heterocycles. The molecule has 6 heteroatoms. The van der Waals surface area contributed by atoms with Crippen LogP contribution >= 0.6 is 0 Å². The molecule has 19 heavy (non-hydrogen) atoms. The monoisotopic (exact) mass is 272 g/mol. The Bertz CT molecular complexity index is 593. The van der Waals surface area contributed by atoms with Crippen molar-refractivity contribution in [2.75, 3.05) is 0 Å². The van der Waals surface area contributed by atoms with E-state index in [-0.39, 0.29) is 16.9 Å². The van der Waals surface area contributed by atoms with Crippen molar-refractivity contribution in [3.63, 3.8) is 0 Å². The molecule has 0 radical (unpaired) electrons. The lowest BCUT2D eigenvalue weighted by atomic mass is 10.0. The third kappa shape index (κ3) is 3.37. The van der Waals surface area contributed by atoms with E-state index in [0.717, 1.165) is 30.3 Å². The minimum absolute atomic E-state index is 0.0904. The molecule has 0 aromatic heterocycles. The van der Waals surface area contributed by atoms with Gasteiger partial charge in [-0.15, -0.1) is 13.2 Å². The SMILES string of the molecule is Oc1ccc(F)cc1-c1cccc(OC(F)(F)F)c1. The fourth-order valence-corrected chi connectivity index (χ4v) is 1.60. The quantitative estimate of drug-likeness (QED) is 0.834. The molecule has 0 unspecified atom stereocenters. The summed E-state index contributed by atoms with van der Waals surface area (Å²) in [5, 5.41) is 9.58. The summed E-state index contributed by atoms with van der Waals surface area (Å²) in [6, 6.07) is 8.16. The van der Waals surface area contributed by atoms with Crippen molar-refractivity contribution in [3.05, 3.63) is 48.3 Å². The molecule has 0 bridgehead atoms. The number of ether oxygens (including phenoxy) is 1. The van der Waals surface area contributed by atoms with Gasteiger partial charge in [-0.25, -0.2) is 4.39 Å². The van der Waals surface area contributed by atoms with E-state index < -0.39 is 17.9 Å². The van der Waals surface area contributed by atoms with Crippen LogP contribution in [0, 0.1) is 5.82 Å². The molecule has 0 amide bonds. The lowest BCUT2D eigenvalue weighted by Crippen LogP contribution is -2.17. The van der Waals surface area contributed by atoms with E-state index in [4.69, 9.17) is 0 Å². The third-order valence-electron chi connectivity index (χ3n) is 2.34. The molecule has 2 aromatic carbocycles. The average molecular weight is 272 g/mol. The predicted octanol–water partition coefficient (Wildman–Crippen LogP) is 4.10. The first-order valence-electron chi connectivity index (χ1n) is 5.20. The van der Waals surface area contributed by atoms with Gasteiger partial charge in [0.2, 0.25) is 0 Å². The van der Waals surface area contributed by atoms with E-state index in [1.54, 1.807) is 0 Å². The molecule has 0 aliphatic heterocycles. The summed E-state index contributed by atoms with van der Waals surface area (Å²) >= 11 is 0. The van der Waals surface area contributed by atoms with Crippen LogP contribution in [0.3, 0.4) is 0 Å².